The summed E-state index contributed by atoms with van der Waals surface area (Å²) in [4.78, 5) is 28.9. The first-order valence-corrected chi connectivity index (χ1v) is 29.0. The summed E-state index contributed by atoms with van der Waals surface area (Å²) < 4.78 is 0. The first-order valence-electron chi connectivity index (χ1n) is 29.0. The maximum Gasteiger partial charge on any atom is 0.114 e. The third-order valence-corrected chi connectivity index (χ3v) is 16.1. The van der Waals surface area contributed by atoms with Gasteiger partial charge in [-0.3, -0.25) is 0 Å². The van der Waals surface area contributed by atoms with Gasteiger partial charge in [-0.1, -0.05) is 132 Å². The molecule has 0 amide bonds. The fraction of sp³-hybridized carbons (Fsp3) is 0. The van der Waals surface area contributed by atoms with E-state index in [0.29, 0.717) is 0 Å². The molecule has 0 aliphatic carbocycles. The maximum absolute atomic E-state index is 5.34. The largest absolute Gasteiger partial charge is 0.643 e. The topological polar surface area (TPSA) is 88.0 Å². The first-order chi connectivity index (χ1) is 42.7. The molecule has 0 radical (unpaired) electrons. The minimum absolute atomic E-state index is 0.901. The lowest BCUT2D eigenvalue weighted by Gasteiger charge is -2.14. The highest BCUT2D eigenvalue weighted by molar-refractivity contribution is 6.06. The molecule has 0 spiro atoms. The van der Waals surface area contributed by atoms with Gasteiger partial charge in [0.05, 0.1) is 44.4 Å². The summed E-state index contributed by atoms with van der Waals surface area (Å²) in [5.74, 6) is 0. The lowest BCUT2D eigenvalue weighted by Crippen LogP contribution is -1.88. The van der Waals surface area contributed by atoms with Gasteiger partial charge in [0, 0.05) is 107 Å². The number of H-pyrrole nitrogens is 2. The van der Waals surface area contributed by atoms with Gasteiger partial charge < -0.3 is 29.9 Å². The van der Waals surface area contributed by atoms with Gasteiger partial charge in [0.1, 0.15) is 11.0 Å². The average Bonchev–Trinajstić information content (AvgIpc) is 1.99. The van der Waals surface area contributed by atoms with Crippen LogP contribution in [0.3, 0.4) is 0 Å². The van der Waals surface area contributed by atoms with Gasteiger partial charge in [-0.15, -0.1) is 11.0 Å². The molecule has 6 nitrogen and oxygen atoms in total. The fourth-order valence-corrected chi connectivity index (χ4v) is 12.2. The Labute approximate surface area is 497 Å². The summed E-state index contributed by atoms with van der Waals surface area (Å²) >= 11 is 0. The second-order valence-electron chi connectivity index (χ2n) is 21.4. The van der Waals surface area contributed by atoms with E-state index in [1.165, 1.54) is 0 Å². The molecule has 0 aliphatic heterocycles. The van der Waals surface area contributed by atoms with Crippen molar-refractivity contribution in [3.05, 3.63) is 315 Å². The maximum atomic E-state index is 5.34. The minimum atomic E-state index is 0.901. The third-order valence-electron chi connectivity index (χ3n) is 16.1. The lowest BCUT2D eigenvalue weighted by atomic mass is 9.95. The number of hydrogen-bond acceptors (Lipinski definition) is 0. The predicted octanol–water partition coefficient (Wildman–Crippen LogP) is 20.4. The Hall–Kier alpha value is -11.6. The summed E-state index contributed by atoms with van der Waals surface area (Å²) in [7, 11) is 0. The van der Waals surface area contributed by atoms with E-state index in [9.17, 15) is 0 Å². The van der Waals surface area contributed by atoms with E-state index < -0.39 is 0 Å². The highest BCUT2D eigenvalue weighted by atomic mass is 14.8. The van der Waals surface area contributed by atoms with Crippen molar-refractivity contribution >= 4 is 66.2 Å². The molecule has 16 aromatic rings. The van der Waals surface area contributed by atoms with Crippen LogP contribution >= 0.6 is 0 Å². The predicted molar refractivity (Wildman–Crippen MR) is 359 cm³/mol. The van der Waals surface area contributed by atoms with Crippen LogP contribution in [-0.2, 0) is 0 Å². The van der Waals surface area contributed by atoms with E-state index >= 15 is 0 Å². The van der Waals surface area contributed by atoms with Gasteiger partial charge in [0.15, 0.2) is 0 Å². The molecule has 0 saturated heterocycles. The Morgan fingerprint density at radius 1 is 0.198 bits per heavy atom. The van der Waals surface area contributed by atoms with Crippen LogP contribution in [0, 0.1) is 0 Å². The van der Waals surface area contributed by atoms with Gasteiger partial charge in [0.25, 0.3) is 0 Å². The Morgan fingerprint density at radius 2 is 0.442 bits per heavy atom. The van der Waals surface area contributed by atoms with Crippen LogP contribution in [0.4, 0.5) is 0 Å². The number of benzene rings is 8. The number of hydrogen-bond donors (Lipinski definition) is 2. The number of nitrogens with one attached hydrogen (secondary N) is 2. The molecule has 0 aliphatic rings. The van der Waals surface area contributed by atoms with Crippen LogP contribution in [0.1, 0.15) is 0 Å². The van der Waals surface area contributed by atoms with Crippen molar-refractivity contribution in [3.63, 3.8) is 0 Å². The first kappa shape index (κ1) is 51.3. The molecule has 8 heterocycles. The minimum Gasteiger partial charge on any atom is -0.643 e. The summed E-state index contributed by atoms with van der Waals surface area (Å²) in [5.41, 5.74) is 28.7. The summed E-state index contributed by atoms with van der Waals surface area (Å²) in [6, 6.07) is 110. The van der Waals surface area contributed by atoms with Crippen molar-refractivity contribution in [2.24, 2.45) is 0 Å². The lowest BCUT2D eigenvalue weighted by molar-refractivity contribution is 1.46. The van der Waals surface area contributed by atoms with E-state index in [0.717, 1.165) is 155 Å². The number of fused-ring (bicyclic) bond motifs is 12. The molecule has 404 valence electrons. The molecule has 2 N–H and O–H groups in total. The molecule has 8 aromatic carbocycles. The fourth-order valence-electron chi connectivity index (χ4n) is 12.2. The summed E-state index contributed by atoms with van der Waals surface area (Å²) in [6.07, 6.45) is 0. The molecular formula is C80H54N6. The van der Waals surface area contributed by atoms with Crippen LogP contribution in [-0.4, -0.2) is 9.97 Å². The van der Waals surface area contributed by atoms with Crippen LogP contribution in [0.15, 0.2) is 315 Å². The molecule has 12 bridgehead atoms. The van der Waals surface area contributed by atoms with E-state index in [1.807, 2.05) is 12.1 Å². The standard InChI is InChI=1S/2C40H27N3/c2*1-5-13-27(14-6-1)37-31-21-22-32(41-31)38(28-15-7-2-8-16-28)34-24-26-36(43-34)40(30-19-11-4-12-20-30)39(29-17-9-3-10-18-29)35-25-23-33(37)42-35/h2*1-26,42H. The molecule has 16 rings (SSSR count). The third kappa shape index (κ3) is 9.77. The van der Waals surface area contributed by atoms with Crippen molar-refractivity contribution < 1.29 is 0 Å². The molecule has 0 saturated carbocycles. The average molecular weight is 1100 g/mol. The van der Waals surface area contributed by atoms with Gasteiger partial charge in [-0.05, 0) is 165 Å². The van der Waals surface area contributed by atoms with Crippen LogP contribution in [0.5, 0.6) is 0 Å². The molecule has 8 aromatic heterocycles. The number of nitrogens with zero attached hydrogens (tertiary/aromatic N) is 4. The van der Waals surface area contributed by atoms with Gasteiger partial charge >= 0.3 is 0 Å². The Morgan fingerprint density at radius 3 is 0.756 bits per heavy atom. The highest BCUT2D eigenvalue weighted by Crippen LogP contribution is 2.42. The second-order valence-corrected chi connectivity index (χ2v) is 21.4. The van der Waals surface area contributed by atoms with E-state index in [2.05, 4.69) is 313 Å². The van der Waals surface area contributed by atoms with Gasteiger partial charge in [0.2, 0.25) is 0 Å². The molecule has 6 heteroatoms. The normalized spacial score (nSPS) is 11.3. The SMILES string of the molecule is c1ccc(-c2c(-c3ccccc3)c3ccc([nH]3)[c+](-c3ccccc3)c3ccc([n-]3)[c+](-c3ccccc3)c3ccc2[n-]3)cc1.c1ccc(-c2c(-c3ccccc3)c3ccc([nH]3)[c+](-c3ccccc3)c3ccc([n-]3)[c+](-c3ccccc3)c3ccc2[n-]3)cc1. The molecule has 86 heavy (non-hydrogen) atoms. The Balaban J connectivity index is 0.000000145. The zero-order valence-electron chi connectivity index (χ0n) is 46.8. The van der Waals surface area contributed by atoms with Crippen molar-refractivity contribution in [3.8, 4) is 89.0 Å². The molecule has 0 fully saturated rings. The molecular weight excluding hydrogens is 1040 g/mol. The highest BCUT2D eigenvalue weighted by Gasteiger charge is 2.18. The van der Waals surface area contributed by atoms with Crippen molar-refractivity contribution in [1.82, 2.24) is 29.9 Å². The smallest absolute Gasteiger partial charge is 0.114 e. The van der Waals surface area contributed by atoms with Crippen LogP contribution in [0.25, 0.3) is 155 Å². The van der Waals surface area contributed by atoms with E-state index in [-0.39, 0.29) is 0 Å². The zero-order valence-corrected chi connectivity index (χ0v) is 46.8. The summed E-state index contributed by atoms with van der Waals surface area (Å²) in [6.45, 7) is 0. The monoisotopic (exact) mass is 1100 g/mol. The quantitative estimate of drug-likeness (QED) is 0.148. The number of aromatic amines is 2. The Kier molecular flexibility index (Phi) is 13.5. The molecule has 0 atom stereocenters. The number of rotatable bonds is 8. The number of aromatic nitrogens is 6. The van der Waals surface area contributed by atoms with Crippen molar-refractivity contribution in [2.45, 2.75) is 0 Å². The van der Waals surface area contributed by atoms with Gasteiger partial charge in [-0.2, -0.15) is 0 Å². The van der Waals surface area contributed by atoms with Crippen LogP contribution in [0.2, 0.25) is 0 Å². The Bertz CT molecular complexity index is 4520. The van der Waals surface area contributed by atoms with Crippen LogP contribution < -0.4 is 19.9 Å². The van der Waals surface area contributed by atoms with E-state index in [1.54, 1.807) is 0 Å². The zero-order chi connectivity index (χ0) is 57.2. The van der Waals surface area contributed by atoms with Crippen molar-refractivity contribution in [1.29, 1.82) is 0 Å². The van der Waals surface area contributed by atoms with Gasteiger partial charge in [-0.25, -0.2) is 0 Å². The second kappa shape index (κ2) is 22.6. The molecule has 0 unspecified atom stereocenters. The van der Waals surface area contributed by atoms with E-state index in [4.69, 9.17) is 19.9 Å². The summed E-state index contributed by atoms with van der Waals surface area (Å²) in [5, 5.41) is 0. The van der Waals surface area contributed by atoms with Crippen molar-refractivity contribution in [2.75, 3.05) is 0 Å².